The van der Waals surface area contributed by atoms with Crippen LogP contribution in [-0.4, -0.2) is 55.0 Å². The molecule has 0 radical (unpaired) electrons. The number of rotatable bonds is 4. The second-order valence-corrected chi connectivity index (χ2v) is 7.64. The Morgan fingerprint density at radius 1 is 1.44 bits per heavy atom. The summed E-state index contributed by atoms with van der Waals surface area (Å²) in [6.07, 6.45) is -0.451. The number of halogens is 1. The van der Waals surface area contributed by atoms with Crippen molar-refractivity contribution in [1.29, 1.82) is 0 Å². The smallest absolute Gasteiger partial charge is 0.414 e. The molecular weight excluding hydrogens is 353 g/mol. The van der Waals surface area contributed by atoms with Gasteiger partial charge in [0.1, 0.15) is 11.9 Å². The zero-order valence-electron chi connectivity index (χ0n) is 15.9. The summed E-state index contributed by atoms with van der Waals surface area (Å²) in [6.45, 7) is 6.76. The van der Waals surface area contributed by atoms with Crippen LogP contribution in [0.3, 0.4) is 0 Å². The van der Waals surface area contributed by atoms with Crippen molar-refractivity contribution in [3.8, 4) is 0 Å². The Morgan fingerprint density at radius 3 is 2.81 bits per heavy atom. The molecule has 2 saturated heterocycles. The van der Waals surface area contributed by atoms with Crippen LogP contribution in [0.1, 0.15) is 27.2 Å². The molecule has 0 spiro atoms. The van der Waals surface area contributed by atoms with E-state index in [1.807, 2.05) is 18.7 Å². The summed E-state index contributed by atoms with van der Waals surface area (Å²) in [5.41, 5.74) is 0.141. The van der Waals surface area contributed by atoms with Crippen LogP contribution in [0.15, 0.2) is 18.2 Å². The second kappa shape index (κ2) is 7.34. The first-order valence-electron chi connectivity index (χ1n) is 9.17. The molecule has 2 heterocycles. The predicted octanol–water partition coefficient (Wildman–Crippen LogP) is 1.88. The molecule has 0 unspecified atom stereocenters. The quantitative estimate of drug-likeness (QED) is 0.835. The average molecular weight is 379 g/mol. The Kier molecular flexibility index (Phi) is 5.28. The minimum atomic E-state index is -0.741. The molecule has 0 saturated carbocycles. The molecule has 148 valence electrons. The minimum absolute atomic E-state index is 0.0217. The van der Waals surface area contributed by atoms with Crippen LogP contribution in [0.5, 0.6) is 0 Å². The number of amides is 2. The molecule has 2 aliphatic rings. The average Bonchev–Trinajstić information content (AvgIpc) is 2.96. The Labute approximate surface area is 158 Å². The van der Waals surface area contributed by atoms with E-state index >= 15 is 0 Å². The van der Waals surface area contributed by atoms with E-state index in [0.717, 1.165) is 0 Å². The molecule has 8 heteroatoms. The second-order valence-electron chi connectivity index (χ2n) is 7.64. The standard InChI is InChI=1S/C19H26FN3O4/c1-12-10-22(7-6-19(12,3)26)17-5-4-14(8-16(17)20)23-11-15(27-18(23)25)9-21-13(2)24/h4-5,8,12,15,26H,6-7,9-11H2,1-3H3,(H,21,24)/t12-,15+,19-/m1/s1. The number of carbonyl (C=O) groups is 2. The van der Waals surface area contributed by atoms with Crippen LogP contribution < -0.4 is 15.1 Å². The highest BCUT2D eigenvalue weighted by Gasteiger charge is 2.36. The van der Waals surface area contributed by atoms with Crippen LogP contribution in [0.2, 0.25) is 0 Å². The summed E-state index contributed by atoms with van der Waals surface area (Å²) >= 11 is 0. The third kappa shape index (κ3) is 4.16. The molecule has 7 nitrogen and oxygen atoms in total. The summed E-state index contributed by atoms with van der Waals surface area (Å²) < 4.78 is 20.0. The molecule has 2 N–H and O–H groups in total. The van der Waals surface area contributed by atoms with Gasteiger partial charge in [-0.25, -0.2) is 9.18 Å². The predicted molar refractivity (Wildman–Crippen MR) is 99.3 cm³/mol. The summed E-state index contributed by atoms with van der Waals surface area (Å²) in [6, 6.07) is 4.68. The van der Waals surface area contributed by atoms with E-state index in [2.05, 4.69) is 5.32 Å². The number of nitrogens with one attached hydrogen (secondary N) is 1. The van der Waals surface area contributed by atoms with Gasteiger partial charge in [0.15, 0.2) is 0 Å². The number of nitrogens with zero attached hydrogens (tertiary/aromatic N) is 2. The first kappa shape index (κ1) is 19.4. The number of piperidine rings is 1. The molecule has 3 rings (SSSR count). The van der Waals surface area contributed by atoms with Crippen molar-refractivity contribution in [3.63, 3.8) is 0 Å². The normalized spacial score (nSPS) is 28.3. The fourth-order valence-corrected chi connectivity index (χ4v) is 3.46. The number of hydrogen-bond donors (Lipinski definition) is 2. The molecule has 1 aromatic rings. The lowest BCUT2D eigenvalue weighted by molar-refractivity contribution is -0.119. The number of hydrogen-bond acceptors (Lipinski definition) is 5. The monoisotopic (exact) mass is 379 g/mol. The van der Waals surface area contributed by atoms with Gasteiger partial charge in [0.2, 0.25) is 5.91 Å². The number of benzene rings is 1. The lowest BCUT2D eigenvalue weighted by atomic mass is 9.84. The van der Waals surface area contributed by atoms with E-state index in [-0.39, 0.29) is 24.9 Å². The first-order chi connectivity index (χ1) is 12.7. The maximum atomic E-state index is 14.7. The molecule has 0 aliphatic carbocycles. The molecule has 2 amide bonds. The first-order valence-corrected chi connectivity index (χ1v) is 9.17. The van der Waals surface area contributed by atoms with Gasteiger partial charge >= 0.3 is 6.09 Å². The van der Waals surface area contributed by atoms with Gasteiger partial charge in [0, 0.05) is 25.9 Å². The van der Waals surface area contributed by atoms with E-state index in [9.17, 15) is 19.1 Å². The summed E-state index contributed by atoms with van der Waals surface area (Å²) in [7, 11) is 0. The Balaban J connectivity index is 1.70. The third-order valence-electron chi connectivity index (χ3n) is 5.48. The molecule has 0 aromatic heterocycles. The van der Waals surface area contributed by atoms with Crippen molar-refractivity contribution < 1.29 is 23.8 Å². The van der Waals surface area contributed by atoms with Gasteiger partial charge in [0.25, 0.3) is 0 Å². The van der Waals surface area contributed by atoms with Crippen LogP contribution in [0.25, 0.3) is 0 Å². The van der Waals surface area contributed by atoms with Crippen LogP contribution in [-0.2, 0) is 9.53 Å². The van der Waals surface area contributed by atoms with Gasteiger partial charge in [-0.05, 0) is 31.5 Å². The van der Waals surface area contributed by atoms with Crippen molar-refractivity contribution in [2.24, 2.45) is 5.92 Å². The number of carbonyl (C=O) groups excluding carboxylic acids is 2. The molecule has 2 aliphatic heterocycles. The van der Waals surface area contributed by atoms with Crippen molar-refractivity contribution in [2.75, 3.05) is 36.0 Å². The van der Waals surface area contributed by atoms with Crippen molar-refractivity contribution in [1.82, 2.24) is 5.32 Å². The molecule has 3 atom stereocenters. The highest BCUT2D eigenvalue weighted by atomic mass is 19.1. The number of aliphatic hydroxyl groups is 1. The lowest BCUT2D eigenvalue weighted by Crippen LogP contribution is -2.49. The van der Waals surface area contributed by atoms with E-state index in [1.54, 1.807) is 12.1 Å². The zero-order valence-corrected chi connectivity index (χ0v) is 15.9. The van der Waals surface area contributed by atoms with Gasteiger partial charge in [-0.3, -0.25) is 9.69 Å². The van der Waals surface area contributed by atoms with Crippen LogP contribution in [0.4, 0.5) is 20.6 Å². The molecular formula is C19H26FN3O4. The Morgan fingerprint density at radius 2 is 2.19 bits per heavy atom. The summed E-state index contributed by atoms with van der Waals surface area (Å²) in [4.78, 5) is 26.4. The zero-order chi connectivity index (χ0) is 19.8. The maximum Gasteiger partial charge on any atom is 0.414 e. The minimum Gasteiger partial charge on any atom is -0.442 e. The van der Waals surface area contributed by atoms with Crippen molar-refractivity contribution in [2.45, 2.75) is 38.9 Å². The van der Waals surface area contributed by atoms with E-state index in [4.69, 9.17) is 4.74 Å². The fraction of sp³-hybridized carbons (Fsp3) is 0.579. The summed E-state index contributed by atoms with van der Waals surface area (Å²) in [5.74, 6) is -0.595. The van der Waals surface area contributed by atoms with E-state index in [0.29, 0.717) is 30.9 Å². The van der Waals surface area contributed by atoms with E-state index in [1.165, 1.54) is 17.9 Å². The largest absolute Gasteiger partial charge is 0.442 e. The van der Waals surface area contributed by atoms with Crippen molar-refractivity contribution >= 4 is 23.4 Å². The van der Waals surface area contributed by atoms with E-state index < -0.39 is 23.6 Å². The molecule has 27 heavy (non-hydrogen) atoms. The Bertz CT molecular complexity index is 740. The number of anilines is 2. The lowest BCUT2D eigenvalue weighted by Gasteiger charge is -2.42. The van der Waals surface area contributed by atoms with Crippen LogP contribution >= 0.6 is 0 Å². The van der Waals surface area contributed by atoms with Gasteiger partial charge < -0.3 is 20.1 Å². The third-order valence-corrected chi connectivity index (χ3v) is 5.48. The van der Waals surface area contributed by atoms with Gasteiger partial charge in [0.05, 0.1) is 30.1 Å². The number of ether oxygens (including phenoxy) is 1. The highest BCUT2D eigenvalue weighted by molar-refractivity contribution is 5.90. The van der Waals surface area contributed by atoms with Gasteiger partial charge in [-0.1, -0.05) is 6.92 Å². The molecule has 1 aromatic carbocycles. The number of cyclic esters (lactones) is 1. The topological polar surface area (TPSA) is 82.1 Å². The fourth-order valence-electron chi connectivity index (χ4n) is 3.46. The maximum absolute atomic E-state index is 14.7. The van der Waals surface area contributed by atoms with Gasteiger partial charge in [-0.15, -0.1) is 0 Å². The molecule has 2 fully saturated rings. The summed E-state index contributed by atoms with van der Waals surface area (Å²) in [5, 5.41) is 12.9. The van der Waals surface area contributed by atoms with Gasteiger partial charge in [-0.2, -0.15) is 0 Å². The van der Waals surface area contributed by atoms with Crippen molar-refractivity contribution in [3.05, 3.63) is 24.0 Å². The SMILES string of the molecule is CC(=O)NC[C@H]1CN(c2ccc(N3CC[C@@](C)(O)[C@H](C)C3)c(F)c2)C(=O)O1. The Hall–Kier alpha value is -2.35. The highest BCUT2D eigenvalue weighted by Crippen LogP contribution is 2.33. The molecule has 0 bridgehead atoms. The van der Waals surface area contributed by atoms with Crippen LogP contribution in [0, 0.1) is 11.7 Å².